The lowest BCUT2D eigenvalue weighted by atomic mass is 9.96. The van der Waals surface area contributed by atoms with Gasteiger partial charge in [0, 0.05) is 43.0 Å². The maximum Gasteiger partial charge on any atom is 0.0724 e. The van der Waals surface area contributed by atoms with E-state index < -0.39 is 0 Å². The predicted molar refractivity (Wildman–Crippen MR) is 81.8 cm³/mol. The van der Waals surface area contributed by atoms with E-state index >= 15 is 0 Å². The molecule has 1 aromatic heterocycles. The molecule has 0 aromatic carbocycles. The molecule has 1 aliphatic heterocycles. The molecule has 2 heterocycles. The molecule has 0 saturated carbocycles. The molecule has 2 unspecified atom stereocenters. The SMILES string of the molecule is COC1CN(CCNCc2ccc(C)s2)CCC1C. The number of piperidine rings is 1. The van der Waals surface area contributed by atoms with Crippen molar-refractivity contribution in [3.8, 4) is 0 Å². The fourth-order valence-corrected chi connectivity index (χ4v) is 3.50. The molecule has 1 N–H and O–H groups in total. The van der Waals surface area contributed by atoms with Gasteiger partial charge in [0.2, 0.25) is 0 Å². The van der Waals surface area contributed by atoms with Crippen molar-refractivity contribution in [2.75, 3.05) is 33.3 Å². The van der Waals surface area contributed by atoms with Gasteiger partial charge in [-0.25, -0.2) is 0 Å². The van der Waals surface area contributed by atoms with Gasteiger partial charge < -0.3 is 10.1 Å². The van der Waals surface area contributed by atoms with Crippen LogP contribution < -0.4 is 5.32 Å². The van der Waals surface area contributed by atoms with Crippen LogP contribution in [0.1, 0.15) is 23.1 Å². The summed E-state index contributed by atoms with van der Waals surface area (Å²) in [5, 5.41) is 3.53. The van der Waals surface area contributed by atoms with E-state index in [9.17, 15) is 0 Å². The van der Waals surface area contributed by atoms with Crippen molar-refractivity contribution in [1.82, 2.24) is 10.2 Å². The van der Waals surface area contributed by atoms with E-state index in [-0.39, 0.29) is 0 Å². The van der Waals surface area contributed by atoms with Crippen LogP contribution >= 0.6 is 11.3 Å². The van der Waals surface area contributed by atoms with Crippen molar-refractivity contribution in [2.45, 2.75) is 32.9 Å². The van der Waals surface area contributed by atoms with Gasteiger partial charge in [-0.1, -0.05) is 6.92 Å². The minimum absolute atomic E-state index is 0.411. The first-order chi connectivity index (χ1) is 9.19. The number of hydrogen-bond donors (Lipinski definition) is 1. The summed E-state index contributed by atoms with van der Waals surface area (Å²) >= 11 is 1.88. The molecular formula is C15H26N2OS. The summed E-state index contributed by atoms with van der Waals surface area (Å²) in [4.78, 5) is 5.34. The lowest BCUT2D eigenvalue weighted by Gasteiger charge is -2.36. The first kappa shape index (κ1) is 15.0. The highest BCUT2D eigenvalue weighted by Gasteiger charge is 2.25. The number of nitrogens with one attached hydrogen (secondary N) is 1. The zero-order chi connectivity index (χ0) is 13.7. The Balaban J connectivity index is 1.63. The van der Waals surface area contributed by atoms with Gasteiger partial charge >= 0.3 is 0 Å². The normalized spacial score (nSPS) is 24.8. The van der Waals surface area contributed by atoms with E-state index in [1.807, 2.05) is 18.4 Å². The first-order valence-electron chi connectivity index (χ1n) is 7.20. The molecule has 19 heavy (non-hydrogen) atoms. The van der Waals surface area contributed by atoms with E-state index in [4.69, 9.17) is 4.74 Å². The van der Waals surface area contributed by atoms with E-state index in [1.165, 1.54) is 22.7 Å². The number of aryl methyl sites for hydroxylation is 1. The highest BCUT2D eigenvalue weighted by molar-refractivity contribution is 7.11. The van der Waals surface area contributed by atoms with Gasteiger partial charge in [-0.3, -0.25) is 4.90 Å². The molecule has 2 atom stereocenters. The van der Waals surface area contributed by atoms with Crippen LogP contribution in [0, 0.1) is 12.8 Å². The summed E-state index contributed by atoms with van der Waals surface area (Å²) in [6.07, 6.45) is 1.66. The Morgan fingerprint density at radius 1 is 1.47 bits per heavy atom. The van der Waals surface area contributed by atoms with Crippen molar-refractivity contribution in [1.29, 1.82) is 0 Å². The molecule has 4 heteroatoms. The molecule has 0 amide bonds. The lowest BCUT2D eigenvalue weighted by molar-refractivity contribution is -0.00443. The number of nitrogens with zero attached hydrogens (tertiary/aromatic N) is 1. The molecule has 0 radical (unpaired) electrons. The van der Waals surface area contributed by atoms with E-state index in [1.54, 1.807) is 0 Å². The van der Waals surface area contributed by atoms with Crippen LogP contribution in [-0.4, -0.2) is 44.3 Å². The standard InChI is InChI=1S/C15H26N2OS/c1-12-6-8-17(11-15(12)18-3)9-7-16-10-14-5-4-13(2)19-14/h4-5,12,15-16H,6-11H2,1-3H3. The number of likely N-dealkylation sites (tertiary alicyclic amines) is 1. The van der Waals surface area contributed by atoms with Gasteiger partial charge in [-0.2, -0.15) is 0 Å². The first-order valence-corrected chi connectivity index (χ1v) is 8.02. The van der Waals surface area contributed by atoms with Gasteiger partial charge in [0.15, 0.2) is 0 Å². The van der Waals surface area contributed by atoms with Gasteiger partial charge in [0.25, 0.3) is 0 Å². The molecule has 2 rings (SSSR count). The van der Waals surface area contributed by atoms with Crippen molar-refractivity contribution >= 4 is 11.3 Å². The molecule has 1 fully saturated rings. The van der Waals surface area contributed by atoms with Crippen molar-refractivity contribution in [2.24, 2.45) is 5.92 Å². The average Bonchev–Trinajstić information content (AvgIpc) is 2.82. The van der Waals surface area contributed by atoms with Gasteiger partial charge in [-0.15, -0.1) is 11.3 Å². The molecule has 3 nitrogen and oxygen atoms in total. The highest BCUT2D eigenvalue weighted by atomic mass is 32.1. The van der Waals surface area contributed by atoms with Gasteiger partial charge in [0.1, 0.15) is 0 Å². The minimum Gasteiger partial charge on any atom is -0.380 e. The zero-order valence-corrected chi connectivity index (χ0v) is 13.1. The van der Waals surface area contributed by atoms with Crippen molar-refractivity contribution in [3.63, 3.8) is 0 Å². The number of ether oxygens (including phenoxy) is 1. The minimum atomic E-state index is 0.411. The zero-order valence-electron chi connectivity index (χ0n) is 12.3. The second-order valence-electron chi connectivity index (χ2n) is 5.53. The second kappa shape index (κ2) is 7.39. The third kappa shape index (κ3) is 4.56. The Bertz CT molecular complexity index is 380. The fourth-order valence-electron chi connectivity index (χ4n) is 2.64. The number of hydrogen-bond acceptors (Lipinski definition) is 4. The Labute approximate surface area is 121 Å². The highest BCUT2D eigenvalue weighted by Crippen LogP contribution is 2.19. The quantitative estimate of drug-likeness (QED) is 0.811. The number of methoxy groups -OCH3 is 1. The number of thiophene rings is 1. The second-order valence-corrected chi connectivity index (χ2v) is 6.90. The number of rotatable bonds is 6. The molecule has 0 spiro atoms. The molecule has 1 aliphatic rings. The average molecular weight is 282 g/mol. The van der Waals surface area contributed by atoms with Gasteiger partial charge in [-0.05, 0) is 37.9 Å². The monoisotopic (exact) mass is 282 g/mol. The third-order valence-corrected chi connectivity index (χ3v) is 4.98. The Morgan fingerprint density at radius 2 is 2.32 bits per heavy atom. The summed E-state index contributed by atoms with van der Waals surface area (Å²) < 4.78 is 5.55. The van der Waals surface area contributed by atoms with E-state index in [0.29, 0.717) is 12.0 Å². The van der Waals surface area contributed by atoms with Crippen LogP contribution in [0.5, 0.6) is 0 Å². The molecule has 1 aromatic rings. The molecule has 108 valence electrons. The van der Waals surface area contributed by atoms with Crippen LogP contribution in [0.15, 0.2) is 12.1 Å². The summed E-state index contributed by atoms with van der Waals surface area (Å²) in [5.41, 5.74) is 0. The summed E-state index contributed by atoms with van der Waals surface area (Å²) in [6, 6.07) is 4.41. The summed E-state index contributed by atoms with van der Waals surface area (Å²) in [7, 11) is 1.84. The lowest BCUT2D eigenvalue weighted by Crippen LogP contribution is -2.45. The van der Waals surface area contributed by atoms with Crippen molar-refractivity contribution in [3.05, 3.63) is 21.9 Å². The topological polar surface area (TPSA) is 24.5 Å². The molecule has 0 bridgehead atoms. The van der Waals surface area contributed by atoms with Crippen LogP contribution in [0.3, 0.4) is 0 Å². The molecule has 0 aliphatic carbocycles. The Morgan fingerprint density at radius 3 is 3.00 bits per heavy atom. The van der Waals surface area contributed by atoms with Gasteiger partial charge in [0.05, 0.1) is 6.10 Å². The fraction of sp³-hybridized carbons (Fsp3) is 0.733. The summed E-state index contributed by atoms with van der Waals surface area (Å²) in [5.74, 6) is 0.698. The van der Waals surface area contributed by atoms with Crippen LogP contribution in [0.2, 0.25) is 0 Å². The van der Waals surface area contributed by atoms with Crippen LogP contribution in [0.25, 0.3) is 0 Å². The van der Waals surface area contributed by atoms with E-state index in [0.717, 1.165) is 26.2 Å². The Kier molecular flexibility index (Phi) is 5.82. The van der Waals surface area contributed by atoms with E-state index in [2.05, 4.69) is 36.2 Å². The maximum absolute atomic E-state index is 5.55. The van der Waals surface area contributed by atoms with Crippen LogP contribution in [-0.2, 0) is 11.3 Å². The van der Waals surface area contributed by atoms with Crippen molar-refractivity contribution < 1.29 is 4.74 Å². The summed E-state index contributed by atoms with van der Waals surface area (Å²) in [6.45, 7) is 9.92. The Hall–Kier alpha value is -0.420. The largest absolute Gasteiger partial charge is 0.380 e. The van der Waals surface area contributed by atoms with Crippen LogP contribution in [0.4, 0.5) is 0 Å². The molecule has 1 saturated heterocycles. The predicted octanol–water partition coefficient (Wildman–Crippen LogP) is 2.50. The molecular weight excluding hydrogens is 256 g/mol. The maximum atomic E-state index is 5.55. The smallest absolute Gasteiger partial charge is 0.0724 e. The third-order valence-electron chi connectivity index (χ3n) is 3.98.